The van der Waals surface area contributed by atoms with Crippen LogP contribution in [-0.4, -0.2) is 46.6 Å². The molecule has 2 aromatic rings. The van der Waals surface area contributed by atoms with Gasteiger partial charge in [-0.1, -0.05) is 24.3 Å². The Hall–Kier alpha value is -3.08. The molecule has 206 valence electrons. The summed E-state index contributed by atoms with van der Waals surface area (Å²) >= 11 is 0. The molecule has 9 nitrogen and oxygen atoms in total. The van der Waals surface area contributed by atoms with Crippen LogP contribution in [0.5, 0.6) is 11.5 Å². The van der Waals surface area contributed by atoms with Crippen molar-refractivity contribution >= 4 is 15.9 Å². The van der Waals surface area contributed by atoms with Gasteiger partial charge in [0.05, 0.1) is 25.0 Å². The lowest BCUT2D eigenvalue weighted by Crippen LogP contribution is -2.32. The van der Waals surface area contributed by atoms with E-state index in [9.17, 15) is 13.2 Å². The first-order valence-electron chi connectivity index (χ1n) is 13.1. The third-order valence-corrected chi connectivity index (χ3v) is 7.72. The Labute approximate surface area is 224 Å². The van der Waals surface area contributed by atoms with Gasteiger partial charge < -0.3 is 25.3 Å². The molecule has 4 N–H and O–H groups in total. The summed E-state index contributed by atoms with van der Waals surface area (Å²) < 4.78 is 46.4. The number of carbonyl (C=O) groups is 1. The monoisotopic (exact) mass is 543 g/mol. The molecule has 2 fully saturated rings. The van der Waals surface area contributed by atoms with Crippen LogP contribution in [0.25, 0.3) is 0 Å². The van der Waals surface area contributed by atoms with Crippen LogP contribution in [0.1, 0.15) is 49.3 Å². The maximum absolute atomic E-state index is 13.1. The van der Waals surface area contributed by atoms with Crippen molar-refractivity contribution < 1.29 is 27.4 Å². The molecule has 0 aromatic heterocycles. The zero-order valence-corrected chi connectivity index (χ0v) is 22.3. The molecule has 0 heterocycles. The van der Waals surface area contributed by atoms with Crippen LogP contribution in [0, 0.1) is 11.8 Å². The Kier molecular flexibility index (Phi) is 10.0. The Bertz CT molecular complexity index is 1140. The fourth-order valence-electron chi connectivity index (χ4n) is 3.80. The third-order valence-electron chi connectivity index (χ3n) is 6.30. The average Bonchev–Trinajstić information content (AvgIpc) is 3.82. The van der Waals surface area contributed by atoms with Crippen molar-refractivity contribution in [2.24, 2.45) is 17.6 Å². The molecule has 4 rings (SSSR count). The minimum atomic E-state index is -3.65. The average molecular weight is 544 g/mol. The first-order valence-corrected chi connectivity index (χ1v) is 14.8. The highest BCUT2D eigenvalue weighted by atomic mass is 32.2. The predicted octanol–water partition coefficient (Wildman–Crippen LogP) is 3.23. The lowest BCUT2D eigenvalue weighted by atomic mass is 9.99. The molecule has 2 saturated carbocycles. The van der Waals surface area contributed by atoms with E-state index >= 15 is 0 Å². The van der Waals surface area contributed by atoms with E-state index in [0.29, 0.717) is 31.5 Å². The molecule has 0 bridgehead atoms. The predicted molar refractivity (Wildman–Crippen MR) is 145 cm³/mol. The maximum atomic E-state index is 13.1. The second kappa shape index (κ2) is 13.6. The minimum absolute atomic E-state index is 0.101. The lowest BCUT2D eigenvalue weighted by Gasteiger charge is -2.21. The van der Waals surface area contributed by atoms with Gasteiger partial charge in [-0.25, -0.2) is 13.1 Å². The van der Waals surface area contributed by atoms with E-state index in [4.69, 9.17) is 19.9 Å². The van der Waals surface area contributed by atoms with E-state index in [0.717, 1.165) is 22.6 Å². The van der Waals surface area contributed by atoms with Crippen LogP contribution in [0.4, 0.5) is 0 Å². The summed E-state index contributed by atoms with van der Waals surface area (Å²) in [4.78, 5) is 10.7. The van der Waals surface area contributed by atoms with Crippen LogP contribution in [0.2, 0.25) is 0 Å². The van der Waals surface area contributed by atoms with Gasteiger partial charge >= 0.3 is 0 Å². The number of rotatable bonds is 18. The normalized spacial score (nSPS) is 15.6. The van der Waals surface area contributed by atoms with E-state index in [1.54, 1.807) is 0 Å². The molecule has 0 saturated heterocycles. The fourth-order valence-corrected chi connectivity index (χ4v) is 5.05. The highest BCUT2D eigenvalue weighted by Crippen LogP contribution is 2.33. The molecule has 2 aliphatic rings. The van der Waals surface area contributed by atoms with Crippen molar-refractivity contribution in [1.29, 1.82) is 0 Å². The van der Waals surface area contributed by atoms with Crippen LogP contribution in [-0.2, 0) is 19.6 Å². The van der Waals surface area contributed by atoms with E-state index in [2.05, 4.69) is 10.0 Å². The Morgan fingerprint density at radius 1 is 0.974 bits per heavy atom. The zero-order valence-electron chi connectivity index (χ0n) is 21.5. The molecule has 0 spiro atoms. The number of hydrogen-bond donors (Lipinski definition) is 3. The summed E-state index contributed by atoms with van der Waals surface area (Å²) in [5, 5.41) is 2.75. The zero-order chi connectivity index (χ0) is 26.8. The standard InChI is InChI=1S/C28H37N3O6S/c29-27(32)12-13-30-20-35-14-3-15-38(33,34)31-28(23-4-1-6-25(16-23)36-18-21-8-9-21)24-5-2-7-26(17-24)37-19-22-10-11-22/h1-2,4-7,12-13,16-17,21-22,28,30-31H,3,8-11,14-15,18-20H2,(H2,29,32)/b13-12-. The van der Waals surface area contributed by atoms with Crippen molar-refractivity contribution in [2.45, 2.75) is 38.1 Å². The molecule has 10 heteroatoms. The summed E-state index contributed by atoms with van der Waals surface area (Å²) in [7, 11) is -3.65. The number of benzene rings is 2. The van der Waals surface area contributed by atoms with E-state index in [1.165, 1.54) is 38.0 Å². The molecular formula is C28H37N3O6S. The Morgan fingerprint density at radius 2 is 1.55 bits per heavy atom. The second-order valence-electron chi connectivity index (χ2n) is 9.87. The quantitative estimate of drug-likeness (QED) is 0.150. The molecule has 0 aliphatic heterocycles. The van der Waals surface area contributed by atoms with Gasteiger partial charge in [-0.2, -0.15) is 0 Å². The summed E-state index contributed by atoms with van der Waals surface area (Å²) in [5.41, 5.74) is 6.60. The van der Waals surface area contributed by atoms with Crippen molar-refractivity contribution in [2.75, 3.05) is 32.3 Å². The van der Waals surface area contributed by atoms with Gasteiger partial charge in [0.15, 0.2) is 0 Å². The fraction of sp³-hybridized carbons (Fsp3) is 0.464. The molecule has 38 heavy (non-hydrogen) atoms. The van der Waals surface area contributed by atoms with Crippen molar-refractivity contribution in [3.05, 3.63) is 71.9 Å². The summed E-state index contributed by atoms with van der Waals surface area (Å²) in [6, 6.07) is 14.6. The van der Waals surface area contributed by atoms with Crippen molar-refractivity contribution in [3.63, 3.8) is 0 Å². The number of hydrogen-bond acceptors (Lipinski definition) is 7. The largest absolute Gasteiger partial charge is 0.493 e. The van der Waals surface area contributed by atoms with E-state index < -0.39 is 22.0 Å². The van der Waals surface area contributed by atoms with Gasteiger partial charge in [-0.3, -0.25) is 4.79 Å². The number of amides is 1. The van der Waals surface area contributed by atoms with Crippen molar-refractivity contribution in [3.8, 4) is 11.5 Å². The first kappa shape index (κ1) is 27.9. The van der Waals surface area contributed by atoms with Gasteiger partial charge in [0, 0.05) is 18.9 Å². The highest BCUT2D eigenvalue weighted by molar-refractivity contribution is 7.89. The molecule has 0 atom stereocenters. The van der Waals surface area contributed by atoms with E-state index in [1.807, 2.05) is 48.5 Å². The molecule has 1 amide bonds. The van der Waals surface area contributed by atoms with E-state index in [-0.39, 0.29) is 19.1 Å². The Morgan fingerprint density at radius 3 is 2.08 bits per heavy atom. The number of ether oxygens (including phenoxy) is 3. The van der Waals surface area contributed by atoms with Crippen LogP contribution in [0.3, 0.4) is 0 Å². The maximum Gasteiger partial charge on any atom is 0.242 e. The lowest BCUT2D eigenvalue weighted by molar-refractivity contribution is -0.113. The third kappa shape index (κ3) is 10.00. The number of primary amides is 1. The molecule has 2 aromatic carbocycles. The number of nitrogens with one attached hydrogen (secondary N) is 2. The first-order chi connectivity index (χ1) is 18.4. The molecule has 2 aliphatic carbocycles. The minimum Gasteiger partial charge on any atom is -0.493 e. The number of sulfonamides is 1. The highest BCUT2D eigenvalue weighted by Gasteiger charge is 2.25. The van der Waals surface area contributed by atoms with Gasteiger partial charge in [0.1, 0.15) is 18.2 Å². The van der Waals surface area contributed by atoms with Gasteiger partial charge in [0.25, 0.3) is 0 Å². The van der Waals surface area contributed by atoms with Gasteiger partial charge in [-0.15, -0.1) is 0 Å². The number of carbonyl (C=O) groups excluding carboxylic acids is 1. The summed E-state index contributed by atoms with van der Waals surface area (Å²) in [6.45, 7) is 1.73. The number of nitrogens with two attached hydrogens (primary N) is 1. The summed E-state index contributed by atoms with van der Waals surface area (Å²) in [6.07, 6.45) is 7.64. The second-order valence-corrected chi connectivity index (χ2v) is 11.7. The summed E-state index contributed by atoms with van der Waals surface area (Å²) in [5.74, 6) is 2.02. The van der Waals surface area contributed by atoms with Crippen molar-refractivity contribution in [1.82, 2.24) is 10.0 Å². The molecule has 0 unspecified atom stereocenters. The smallest absolute Gasteiger partial charge is 0.242 e. The van der Waals surface area contributed by atoms with Gasteiger partial charge in [0.2, 0.25) is 15.9 Å². The van der Waals surface area contributed by atoms with Crippen LogP contribution >= 0.6 is 0 Å². The molecule has 0 radical (unpaired) electrons. The molecular weight excluding hydrogens is 506 g/mol. The van der Waals surface area contributed by atoms with Gasteiger partial charge in [-0.05, 0) is 79.3 Å². The topological polar surface area (TPSA) is 129 Å². The van der Waals surface area contributed by atoms with Crippen LogP contribution < -0.4 is 25.2 Å². The van der Waals surface area contributed by atoms with Crippen LogP contribution in [0.15, 0.2) is 60.8 Å². The Balaban J connectivity index is 1.41. The SMILES string of the molecule is NC(=O)/C=C\NCOCCCS(=O)(=O)NC(c1cccc(OCC2CC2)c1)c1cccc(OCC2CC2)c1.